The van der Waals surface area contributed by atoms with E-state index in [0.717, 1.165) is 37.2 Å². The molecule has 3 rings (SSSR count). The second-order valence-electron chi connectivity index (χ2n) is 7.11. The largest absolute Gasteiger partial charge is 0.496 e. The van der Waals surface area contributed by atoms with Crippen LogP contribution in [0.25, 0.3) is 0 Å². The lowest BCUT2D eigenvalue weighted by molar-refractivity contribution is -0.123. The van der Waals surface area contributed by atoms with Gasteiger partial charge in [0.25, 0.3) is 0 Å². The SMILES string of the molecule is COc1ccc(C#N)cc1CN1CCC[C@@H]1[C@H]1COCC[C@]1(C)O. The number of likely N-dealkylation sites (tertiary alicyclic amines) is 1. The number of aliphatic hydroxyl groups is 1. The molecule has 1 aromatic carbocycles. The van der Waals surface area contributed by atoms with Gasteiger partial charge in [0.15, 0.2) is 0 Å². The summed E-state index contributed by atoms with van der Waals surface area (Å²) in [6, 6.07) is 8.05. The van der Waals surface area contributed by atoms with Crippen LogP contribution < -0.4 is 4.74 Å². The highest BCUT2D eigenvalue weighted by atomic mass is 16.5. The second-order valence-corrected chi connectivity index (χ2v) is 7.11. The van der Waals surface area contributed by atoms with Gasteiger partial charge in [-0.25, -0.2) is 0 Å². The van der Waals surface area contributed by atoms with E-state index in [9.17, 15) is 5.11 Å². The zero-order valence-electron chi connectivity index (χ0n) is 14.5. The van der Waals surface area contributed by atoms with Crippen molar-refractivity contribution in [1.29, 1.82) is 5.26 Å². The van der Waals surface area contributed by atoms with Crippen LogP contribution in [0.2, 0.25) is 0 Å². The summed E-state index contributed by atoms with van der Waals surface area (Å²) >= 11 is 0. The molecule has 1 N–H and O–H groups in total. The van der Waals surface area contributed by atoms with Crippen LogP contribution >= 0.6 is 0 Å². The predicted octanol–water partition coefficient (Wildman–Crippen LogP) is 2.32. The molecule has 0 spiro atoms. The van der Waals surface area contributed by atoms with E-state index in [4.69, 9.17) is 14.7 Å². The molecule has 0 aliphatic carbocycles. The lowest BCUT2D eigenvalue weighted by atomic mass is 9.79. The summed E-state index contributed by atoms with van der Waals surface area (Å²) in [5, 5.41) is 19.9. The van der Waals surface area contributed by atoms with E-state index in [1.54, 1.807) is 13.2 Å². The van der Waals surface area contributed by atoms with E-state index in [2.05, 4.69) is 11.0 Å². The average molecular weight is 330 g/mol. The lowest BCUT2D eigenvalue weighted by Gasteiger charge is -2.43. The van der Waals surface area contributed by atoms with Gasteiger partial charge < -0.3 is 14.6 Å². The van der Waals surface area contributed by atoms with Crippen LogP contribution in [0.5, 0.6) is 5.75 Å². The smallest absolute Gasteiger partial charge is 0.123 e. The molecule has 5 nitrogen and oxygen atoms in total. The Balaban J connectivity index is 1.80. The van der Waals surface area contributed by atoms with Gasteiger partial charge in [-0.2, -0.15) is 5.26 Å². The molecule has 130 valence electrons. The summed E-state index contributed by atoms with van der Waals surface area (Å²) in [6.07, 6.45) is 2.89. The molecule has 2 fully saturated rings. The van der Waals surface area contributed by atoms with Crippen molar-refractivity contribution >= 4 is 0 Å². The zero-order chi connectivity index (χ0) is 17.2. The van der Waals surface area contributed by atoms with Crippen LogP contribution in [-0.2, 0) is 11.3 Å². The van der Waals surface area contributed by atoms with Gasteiger partial charge >= 0.3 is 0 Å². The van der Waals surface area contributed by atoms with Crippen LogP contribution in [0.15, 0.2) is 18.2 Å². The van der Waals surface area contributed by atoms with Crippen molar-refractivity contribution in [2.45, 2.75) is 44.4 Å². The topological polar surface area (TPSA) is 65.7 Å². The third-order valence-corrected chi connectivity index (χ3v) is 5.51. The van der Waals surface area contributed by atoms with E-state index in [-0.39, 0.29) is 5.92 Å². The Hall–Kier alpha value is -1.61. The standard InChI is InChI=1S/C19H26N2O3/c1-19(22)7-9-24-13-16(19)17-4-3-8-21(17)12-15-10-14(11-20)5-6-18(15)23-2/h5-6,10,16-17,22H,3-4,7-9,12-13H2,1-2H3/t16-,17-,19+/m1/s1. The molecule has 3 atom stereocenters. The van der Waals surface area contributed by atoms with E-state index in [1.807, 2.05) is 19.1 Å². The molecule has 2 aliphatic heterocycles. The van der Waals surface area contributed by atoms with Gasteiger partial charge in [0.05, 0.1) is 31.0 Å². The molecule has 0 radical (unpaired) electrons. The molecule has 0 aromatic heterocycles. The van der Waals surface area contributed by atoms with E-state index < -0.39 is 5.60 Å². The summed E-state index contributed by atoms with van der Waals surface area (Å²) in [4.78, 5) is 2.41. The average Bonchev–Trinajstić information content (AvgIpc) is 3.02. The molecule has 0 saturated carbocycles. The first-order valence-corrected chi connectivity index (χ1v) is 8.66. The normalized spacial score (nSPS) is 30.9. The van der Waals surface area contributed by atoms with Crippen molar-refractivity contribution in [2.75, 3.05) is 26.9 Å². The fourth-order valence-corrected chi connectivity index (χ4v) is 4.07. The number of methoxy groups -OCH3 is 1. The number of ether oxygens (including phenoxy) is 2. The van der Waals surface area contributed by atoms with Crippen molar-refractivity contribution in [3.05, 3.63) is 29.3 Å². The second kappa shape index (κ2) is 7.10. The maximum absolute atomic E-state index is 10.8. The monoisotopic (exact) mass is 330 g/mol. The lowest BCUT2D eigenvalue weighted by Crippen LogP contribution is -2.52. The number of benzene rings is 1. The first kappa shape index (κ1) is 17.2. The number of hydrogen-bond donors (Lipinski definition) is 1. The zero-order valence-corrected chi connectivity index (χ0v) is 14.5. The Kier molecular flexibility index (Phi) is 5.09. The number of rotatable bonds is 4. The van der Waals surface area contributed by atoms with Crippen molar-refractivity contribution in [1.82, 2.24) is 4.90 Å². The Morgan fingerprint density at radius 3 is 3.04 bits per heavy atom. The fourth-order valence-electron chi connectivity index (χ4n) is 4.07. The summed E-state index contributed by atoms with van der Waals surface area (Å²) in [5.41, 5.74) is 0.999. The minimum Gasteiger partial charge on any atom is -0.496 e. The molecule has 2 heterocycles. The molecule has 0 unspecified atom stereocenters. The van der Waals surface area contributed by atoms with Crippen molar-refractivity contribution < 1.29 is 14.6 Å². The van der Waals surface area contributed by atoms with Gasteiger partial charge in [-0.05, 0) is 50.9 Å². The third kappa shape index (κ3) is 3.41. The summed E-state index contributed by atoms with van der Waals surface area (Å²) in [5.74, 6) is 0.935. The number of nitriles is 1. The maximum Gasteiger partial charge on any atom is 0.123 e. The third-order valence-electron chi connectivity index (χ3n) is 5.51. The van der Waals surface area contributed by atoms with Gasteiger partial charge in [0.2, 0.25) is 0 Å². The summed E-state index contributed by atoms with van der Waals surface area (Å²) in [7, 11) is 1.66. The predicted molar refractivity (Wildman–Crippen MR) is 90.7 cm³/mol. The Morgan fingerprint density at radius 2 is 2.33 bits per heavy atom. The number of nitrogens with zero attached hydrogens (tertiary/aromatic N) is 2. The summed E-state index contributed by atoms with van der Waals surface area (Å²) in [6.45, 7) is 4.92. The molecule has 0 bridgehead atoms. The minimum absolute atomic E-state index is 0.124. The maximum atomic E-state index is 10.8. The van der Waals surface area contributed by atoms with Gasteiger partial charge in [0, 0.05) is 30.7 Å². The van der Waals surface area contributed by atoms with Crippen LogP contribution in [0, 0.1) is 17.2 Å². The molecular formula is C19H26N2O3. The Bertz CT molecular complexity index is 624. The molecule has 2 saturated heterocycles. The first-order valence-electron chi connectivity index (χ1n) is 8.66. The van der Waals surface area contributed by atoms with E-state index in [0.29, 0.717) is 31.2 Å². The highest BCUT2D eigenvalue weighted by Crippen LogP contribution is 2.37. The van der Waals surface area contributed by atoms with Gasteiger partial charge in [-0.3, -0.25) is 4.90 Å². The van der Waals surface area contributed by atoms with Crippen LogP contribution in [0.1, 0.15) is 37.3 Å². The molecule has 0 amide bonds. The fraction of sp³-hybridized carbons (Fsp3) is 0.632. The molecular weight excluding hydrogens is 304 g/mol. The van der Waals surface area contributed by atoms with Crippen molar-refractivity contribution in [3.8, 4) is 11.8 Å². The van der Waals surface area contributed by atoms with Gasteiger partial charge in [-0.1, -0.05) is 0 Å². The van der Waals surface area contributed by atoms with Crippen LogP contribution in [-0.4, -0.2) is 48.5 Å². The highest BCUT2D eigenvalue weighted by Gasteiger charge is 2.44. The molecule has 2 aliphatic rings. The van der Waals surface area contributed by atoms with Gasteiger partial charge in [-0.15, -0.1) is 0 Å². The van der Waals surface area contributed by atoms with E-state index >= 15 is 0 Å². The molecule has 24 heavy (non-hydrogen) atoms. The van der Waals surface area contributed by atoms with Crippen LogP contribution in [0.3, 0.4) is 0 Å². The molecule has 5 heteroatoms. The first-order chi connectivity index (χ1) is 11.5. The highest BCUT2D eigenvalue weighted by molar-refractivity contribution is 5.42. The van der Waals surface area contributed by atoms with Crippen molar-refractivity contribution in [3.63, 3.8) is 0 Å². The Labute approximate surface area is 143 Å². The van der Waals surface area contributed by atoms with Crippen molar-refractivity contribution in [2.24, 2.45) is 5.92 Å². The van der Waals surface area contributed by atoms with Crippen LogP contribution in [0.4, 0.5) is 0 Å². The number of hydrogen-bond acceptors (Lipinski definition) is 5. The Morgan fingerprint density at radius 1 is 1.50 bits per heavy atom. The summed E-state index contributed by atoms with van der Waals surface area (Å²) < 4.78 is 11.1. The van der Waals surface area contributed by atoms with Gasteiger partial charge in [0.1, 0.15) is 5.75 Å². The minimum atomic E-state index is -0.676. The molecule has 1 aromatic rings. The van der Waals surface area contributed by atoms with E-state index in [1.165, 1.54) is 0 Å². The quantitative estimate of drug-likeness (QED) is 0.918.